The van der Waals surface area contributed by atoms with Gasteiger partial charge in [0.25, 0.3) is 0 Å². The van der Waals surface area contributed by atoms with E-state index in [0.717, 1.165) is 19.6 Å². The molecule has 1 nitrogen and oxygen atoms in total. The molecular weight excluding hydrogens is 216 g/mol. The van der Waals surface area contributed by atoms with E-state index in [1.165, 1.54) is 11.1 Å². The van der Waals surface area contributed by atoms with Crippen LogP contribution in [0.1, 0.15) is 16.0 Å². The third-order valence-electron chi connectivity index (χ3n) is 2.17. The standard InChI is InChI=1S/C10H11BrO/c11-10-7-12-6-5-8-3-1-2-4-9(8)10/h1-4,10H,5-7H2. The van der Waals surface area contributed by atoms with Gasteiger partial charge in [-0.3, -0.25) is 0 Å². The highest BCUT2D eigenvalue weighted by Gasteiger charge is 2.14. The molecule has 1 aromatic carbocycles. The largest absolute Gasteiger partial charge is 0.380 e. The van der Waals surface area contributed by atoms with Crippen LogP contribution < -0.4 is 0 Å². The molecular formula is C10H11BrO. The molecule has 1 aliphatic rings. The summed E-state index contributed by atoms with van der Waals surface area (Å²) >= 11 is 3.61. The van der Waals surface area contributed by atoms with Gasteiger partial charge in [-0.25, -0.2) is 0 Å². The molecule has 1 heterocycles. The second kappa shape index (κ2) is 3.58. The molecule has 0 saturated heterocycles. The highest BCUT2D eigenvalue weighted by atomic mass is 79.9. The van der Waals surface area contributed by atoms with Gasteiger partial charge in [0, 0.05) is 0 Å². The van der Waals surface area contributed by atoms with Crippen molar-refractivity contribution in [3.63, 3.8) is 0 Å². The average Bonchev–Trinajstić information content (AvgIpc) is 2.29. The van der Waals surface area contributed by atoms with Gasteiger partial charge in [0.1, 0.15) is 0 Å². The van der Waals surface area contributed by atoms with Crippen molar-refractivity contribution in [2.75, 3.05) is 13.2 Å². The van der Waals surface area contributed by atoms with Crippen molar-refractivity contribution >= 4 is 15.9 Å². The maximum Gasteiger partial charge on any atom is 0.0632 e. The van der Waals surface area contributed by atoms with Gasteiger partial charge in [-0.05, 0) is 17.5 Å². The Morgan fingerprint density at radius 3 is 3.08 bits per heavy atom. The molecule has 1 atom stereocenters. The first-order valence-electron chi connectivity index (χ1n) is 4.17. The lowest BCUT2D eigenvalue weighted by atomic mass is 10.0. The maximum atomic E-state index is 5.44. The lowest BCUT2D eigenvalue weighted by molar-refractivity contribution is 0.146. The summed E-state index contributed by atoms with van der Waals surface area (Å²) in [6, 6.07) is 8.52. The minimum absolute atomic E-state index is 0.371. The van der Waals surface area contributed by atoms with Crippen molar-refractivity contribution in [1.29, 1.82) is 0 Å². The Morgan fingerprint density at radius 1 is 1.33 bits per heavy atom. The fraction of sp³-hybridized carbons (Fsp3) is 0.400. The third kappa shape index (κ3) is 1.54. The number of benzene rings is 1. The molecule has 64 valence electrons. The molecule has 0 bridgehead atoms. The minimum Gasteiger partial charge on any atom is -0.380 e. The molecule has 0 aliphatic carbocycles. The van der Waals surface area contributed by atoms with Crippen molar-refractivity contribution in [3.05, 3.63) is 35.4 Å². The van der Waals surface area contributed by atoms with Crippen molar-refractivity contribution in [2.24, 2.45) is 0 Å². The Balaban J connectivity index is 2.39. The molecule has 1 aromatic rings. The predicted molar refractivity (Wildman–Crippen MR) is 52.6 cm³/mol. The molecule has 0 saturated carbocycles. The second-order valence-corrected chi connectivity index (χ2v) is 4.10. The van der Waals surface area contributed by atoms with Gasteiger partial charge in [0.2, 0.25) is 0 Å². The van der Waals surface area contributed by atoms with E-state index in [1.807, 2.05) is 0 Å². The molecule has 0 fully saturated rings. The molecule has 12 heavy (non-hydrogen) atoms. The Kier molecular flexibility index (Phi) is 2.47. The van der Waals surface area contributed by atoms with Crippen molar-refractivity contribution < 1.29 is 4.74 Å². The summed E-state index contributed by atoms with van der Waals surface area (Å²) in [5.41, 5.74) is 2.80. The van der Waals surface area contributed by atoms with Crippen LogP contribution in [-0.2, 0) is 11.2 Å². The van der Waals surface area contributed by atoms with E-state index < -0.39 is 0 Å². The number of hydrogen-bond acceptors (Lipinski definition) is 1. The highest BCUT2D eigenvalue weighted by Crippen LogP contribution is 2.28. The van der Waals surface area contributed by atoms with E-state index >= 15 is 0 Å². The van der Waals surface area contributed by atoms with Crippen LogP contribution in [0.25, 0.3) is 0 Å². The molecule has 0 spiro atoms. The summed E-state index contributed by atoms with van der Waals surface area (Å²) < 4.78 is 5.44. The second-order valence-electron chi connectivity index (χ2n) is 2.99. The molecule has 2 heteroatoms. The Hall–Kier alpha value is -0.340. The number of ether oxygens (including phenoxy) is 1. The zero-order valence-corrected chi connectivity index (χ0v) is 8.38. The number of alkyl halides is 1. The zero-order valence-electron chi connectivity index (χ0n) is 6.79. The quantitative estimate of drug-likeness (QED) is 0.619. The fourth-order valence-corrected chi connectivity index (χ4v) is 2.16. The zero-order chi connectivity index (χ0) is 8.39. The molecule has 1 unspecified atom stereocenters. The van der Waals surface area contributed by atoms with Crippen LogP contribution in [0.3, 0.4) is 0 Å². The fourth-order valence-electron chi connectivity index (χ4n) is 1.53. The van der Waals surface area contributed by atoms with Crippen LogP contribution in [0.5, 0.6) is 0 Å². The van der Waals surface area contributed by atoms with Gasteiger partial charge >= 0.3 is 0 Å². The van der Waals surface area contributed by atoms with Crippen LogP contribution in [-0.4, -0.2) is 13.2 Å². The lowest BCUT2D eigenvalue weighted by Gasteiger charge is -2.08. The Labute approximate surface area is 80.9 Å². The normalized spacial score (nSPS) is 22.9. The van der Waals surface area contributed by atoms with Gasteiger partial charge in [0.05, 0.1) is 18.0 Å². The van der Waals surface area contributed by atoms with E-state index in [-0.39, 0.29) is 0 Å². The summed E-state index contributed by atoms with van der Waals surface area (Å²) in [6.45, 7) is 1.64. The topological polar surface area (TPSA) is 9.23 Å². The molecule has 0 amide bonds. The van der Waals surface area contributed by atoms with E-state index in [1.54, 1.807) is 0 Å². The molecule has 0 aromatic heterocycles. The van der Waals surface area contributed by atoms with E-state index in [0.29, 0.717) is 4.83 Å². The first-order valence-corrected chi connectivity index (χ1v) is 5.09. The van der Waals surface area contributed by atoms with Crippen LogP contribution in [0.15, 0.2) is 24.3 Å². The summed E-state index contributed by atoms with van der Waals surface area (Å²) in [5, 5.41) is 0. The summed E-state index contributed by atoms with van der Waals surface area (Å²) in [6.07, 6.45) is 1.04. The van der Waals surface area contributed by atoms with Crippen molar-refractivity contribution in [1.82, 2.24) is 0 Å². The lowest BCUT2D eigenvalue weighted by Crippen LogP contribution is -1.97. The molecule has 1 aliphatic heterocycles. The monoisotopic (exact) mass is 226 g/mol. The van der Waals surface area contributed by atoms with Crippen LogP contribution in [0.2, 0.25) is 0 Å². The Bertz CT molecular complexity index is 272. The van der Waals surface area contributed by atoms with Gasteiger partial charge in [-0.1, -0.05) is 40.2 Å². The highest BCUT2D eigenvalue weighted by molar-refractivity contribution is 9.09. The van der Waals surface area contributed by atoms with Crippen molar-refractivity contribution in [2.45, 2.75) is 11.2 Å². The van der Waals surface area contributed by atoms with E-state index in [4.69, 9.17) is 4.74 Å². The molecule has 0 N–H and O–H groups in total. The minimum atomic E-state index is 0.371. The van der Waals surface area contributed by atoms with Gasteiger partial charge in [-0.2, -0.15) is 0 Å². The van der Waals surface area contributed by atoms with Crippen LogP contribution in [0, 0.1) is 0 Å². The van der Waals surface area contributed by atoms with E-state index in [2.05, 4.69) is 40.2 Å². The average molecular weight is 227 g/mol. The SMILES string of the molecule is BrC1COCCc2ccccc21. The van der Waals surface area contributed by atoms with Gasteiger partial charge < -0.3 is 4.74 Å². The van der Waals surface area contributed by atoms with Crippen LogP contribution in [0.4, 0.5) is 0 Å². The van der Waals surface area contributed by atoms with E-state index in [9.17, 15) is 0 Å². The maximum absolute atomic E-state index is 5.44. The van der Waals surface area contributed by atoms with Gasteiger partial charge in [0.15, 0.2) is 0 Å². The number of fused-ring (bicyclic) bond motifs is 1. The van der Waals surface area contributed by atoms with Crippen molar-refractivity contribution in [3.8, 4) is 0 Å². The number of rotatable bonds is 0. The van der Waals surface area contributed by atoms with Gasteiger partial charge in [-0.15, -0.1) is 0 Å². The Morgan fingerprint density at radius 2 is 2.17 bits per heavy atom. The number of hydrogen-bond donors (Lipinski definition) is 0. The summed E-state index contributed by atoms with van der Waals surface area (Å²) in [5.74, 6) is 0. The predicted octanol–water partition coefficient (Wildman–Crippen LogP) is 2.70. The first kappa shape index (κ1) is 8.27. The first-order chi connectivity index (χ1) is 5.88. The smallest absolute Gasteiger partial charge is 0.0632 e. The van der Waals surface area contributed by atoms with Crippen LogP contribution >= 0.6 is 15.9 Å². The summed E-state index contributed by atoms with van der Waals surface area (Å²) in [7, 11) is 0. The molecule has 2 rings (SSSR count). The number of halogens is 1. The summed E-state index contributed by atoms with van der Waals surface area (Å²) in [4.78, 5) is 0.371. The third-order valence-corrected chi connectivity index (χ3v) is 2.93. The molecule has 0 radical (unpaired) electrons.